The second kappa shape index (κ2) is 4.10. The van der Waals surface area contributed by atoms with Gasteiger partial charge in [0.05, 0.1) is 5.02 Å². The van der Waals surface area contributed by atoms with Crippen LogP contribution in [0, 0.1) is 11.6 Å². The zero-order chi connectivity index (χ0) is 11.7. The van der Waals surface area contributed by atoms with Crippen LogP contribution in [0.4, 0.5) is 8.78 Å². The van der Waals surface area contributed by atoms with Crippen molar-refractivity contribution < 1.29 is 13.9 Å². The maximum Gasteiger partial charge on any atom is 0.134 e. The molecule has 2 aromatic carbocycles. The van der Waals surface area contributed by atoms with E-state index in [-0.39, 0.29) is 10.8 Å². The second-order valence-corrected chi connectivity index (χ2v) is 3.73. The van der Waals surface area contributed by atoms with Gasteiger partial charge in [-0.1, -0.05) is 17.7 Å². The van der Waals surface area contributed by atoms with Crippen LogP contribution in [0.2, 0.25) is 5.02 Å². The largest absolute Gasteiger partial charge is 0.506 e. The van der Waals surface area contributed by atoms with Gasteiger partial charge in [0.15, 0.2) is 0 Å². The number of phenolic OH excluding ortho intramolecular Hbond substituents is 1. The van der Waals surface area contributed by atoms with Gasteiger partial charge in [-0.25, -0.2) is 8.78 Å². The molecule has 0 saturated heterocycles. The van der Waals surface area contributed by atoms with Crippen LogP contribution in [0.1, 0.15) is 0 Å². The number of phenols is 1. The first-order valence-electron chi connectivity index (χ1n) is 4.51. The molecule has 1 nitrogen and oxygen atoms in total. The van der Waals surface area contributed by atoms with Gasteiger partial charge < -0.3 is 5.11 Å². The SMILES string of the molecule is Oc1cc(-c2cc(F)cc(F)c2)ccc1Cl. The van der Waals surface area contributed by atoms with E-state index in [2.05, 4.69) is 0 Å². The lowest BCUT2D eigenvalue weighted by Gasteiger charge is -2.04. The average molecular weight is 241 g/mol. The molecule has 0 aromatic heterocycles. The Morgan fingerprint density at radius 3 is 2.06 bits per heavy atom. The molecule has 0 fully saturated rings. The molecule has 0 spiro atoms. The van der Waals surface area contributed by atoms with E-state index in [1.807, 2.05) is 0 Å². The van der Waals surface area contributed by atoms with Crippen LogP contribution >= 0.6 is 11.6 Å². The van der Waals surface area contributed by atoms with Gasteiger partial charge >= 0.3 is 0 Å². The van der Waals surface area contributed by atoms with Gasteiger partial charge in [0.25, 0.3) is 0 Å². The Bertz CT molecular complexity index is 520. The van der Waals surface area contributed by atoms with Crippen molar-refractivity contribution >= 4 is 11.6 Å². The zero-order valence-electron chi connectivity index (χ0n) is 8.05. The van der Waals surface area contributed by atoms with Crippen LogP contribution in [0.3, 0.4) is 0 Å². The second-order valence-electron chi connectivity index (χ2n) is 3.32. The lowest BCUT2D eigenvalue weighted by atomic mass is 10.1. The summed E-state index contributed by atoms with van der Waals surface area (Å²) in [4.78, 5) is 0. The number of hydrogen-bond acceptors (Lipinski definition) is 1. The van der Waals surface area contributed by atoms with Gasteiger partial charge in [-0.3, -0.25) is 0 Å². The van der Waals surface area contributed by atoms with Crippen molar-refractivity contribution in [1.29, 1.82) is 0 Å². The summed E-state index contributed by atoms with van der Waals surface area (Å²) in [5.41, 5.74) is 0.852. The highest BCUT2D eigenvalue weighted by Crippen LogP contribution is 2.30. The lowest BCUT2D eigenvalue weighted by Crippen LogP contribution is -1.84. The summed E-state index contributed by atoms with van der Waals surface area (Å²) in [7, 11) is 0. The summed E-state index contributed by atoms with van der Waals surface area (Å²) in [6, 6.07) is 7.57. The molecular weight excluding hydrogens is 234 g/mol. The highest BCUT2D eigenvalue weighted by Gasteiger charge is 2.05. The molecule has 0 bridgehead atoms. The molecule has 0 amide bonds. The van der Waals surface area contributed by atoms with Gasteiger partial charge in [-0.15, -0.1) is 0 Å². The van der Waals surface area contributed by atoms with Crippen LogP contribution in [-0.2, 0) is 0 Å². The van der Waals surface area contributed by atoms with Gasteiger partial charge in [-0.05, 0) is 35.4 Å². The Kier molecular flexibility index (Phi) is 2.79. The maximum atomic E-state index is 13.0. The molecule has 0 radical (unpaired) electrons. The molecule has 0 aliphatic carbocycles. The molecule has 0 heterocycles. The summed E-state index contributed by atoms with van der Waals surface area (Å²) < 4.78 is 25.9. The highest BCUT2D eigenvalue weighted by molar-refractivity contribution is 6.32. The summed E-state index contributed by atoms with van der Waals surface area (Å²) in [6.07, 6.45) is 0. The van der Waals surface area contributed by atoms with Crippen LogP contribution in [0.5, 0.6) is 5.75 Å². The van der Waals surface area contributed by atoms with Crippen LogP contribution in [0.25, 0.3) is 11.1 Å². The molecule has 82 valence electrons. The quantitative estimate of drug-likeness (QED) is 0.799. The molecule has 0 aliphatic rings. The predicted molar refractivity (Wildman–Crippen MR) is 58.5 cm³/mol. The van der Waals surface area contributed by atoms with E-state index in [4.69, 9.17) is 11.6 Å². The Morgan fingerprint density at radius 1 is 0.875 bits per heavy atom. The molecule has 0 unspecified atom stereocenters. The van der Waals surface area contributed by atoms with E-state index in [0.717, 1.165) is 6.07 Å². The number of halogens is 3. The Hall–Kier alpha value is -1.61. The van der Waals surface area contributed by atoms with Gasteiger partial charge in [-0.2, -0.15) is 0 Å². The van der Waals surface area contributed by atoms with E-state index in [0.29, 0.717) is 11.1 Å². The number of benzene rings is 2. The fourth-order valence-corrected chi connectivity index (χ4v) is 1.53. The monoisotopic (exact) mass is 240 g/mol. The first-order valence-corrected chi connectivity index (χ1v) is 4.89. The Morgan fingerprint density at radius 2 is 1.50 bits per heavy atom. The third-order valence-corrected chi connectivity index (χ3v) is 2.46. The van der Waals surface area contributed by atoms with Crippen molar-refractivity contribution in [3.05, 3.63) is 53.1 Å². The van der Waals surface area contributed by atoms with Crippen LogP contribution < -0.4 is 0 Å². The van der Waals surface area contributed by atoms with Gasteiger partial charge in [0, 0.05) is 6.07 Å². The minimum atomic E-state index is -0.663. The molecule has 0 aliphatic heterocycles. The Balaban J connectivity index is 2.54. The summed E-state index contributed by atoms with van der Waals surface area (Å²) >= 11 is 5.63. The fourth-order valence-electron chi connectivity index (χ4n) is 1.41. The first-order chi connectivity index (χ1) is 7.56. The molecule has 16 heavy (non-hydrogen) atoms. The summed E-state index contributed by atoms with van der Waals surface area (Å²) in [5, 5.41) is 9.58. The summed E-state index contributed by atoms with van der Waals surface area (Å²) in [5.74, 6) is -1.45. The van der Waals surface area contributed by atoms with Crippen molar-refractivity contribution in [1.82, 2.24) is 0 Å². The molecular formula is C12H7ClF2O. The van der Waals surface area contributed by atoms with Crippen molar-refractivity contribution in [2.45, 2.75) is 0 Å². The molecule has 4 heteroatoms. The van der Waals surface area contributed by atoms with Crippen molar-refractivity contribution in [2.24, 2.45) is 0 Å². The van der Waals surface area contributed by atoms with Crippen molar-refractivity contribution in [3.8, 4) is 16.9 Å². The lowest BCUT2D eigenvalue weighted by molar-refractivity contribution is 0.476. The molecule has 0 atom stereocenters. The summed E-state index contributed by atoms with van der Waals surface area (Å²) in [6.45, 7) is 0. The number of rotatable bonds is 1. The van der Waals surface area contributed by atoms with Crippen molar-refractivity contribution in [2.75, 3.05) is 0 Å². The fraction of sp³-hybridized carbons (Fsp3) is 0. The maximum absolute atomic E-state index is 13.0. The number of hydrogen-bond donors (Lipinski definition) is 1. The smallest absolute Gasteiger partial charge is 0.134 e. The first kappa shape index (κ1) is 10.9. The molecule has 1 N–H and O–H groups in total. The van der Waals surface area contributed by atoms with Crippen molar-refractivity contribution in [3.63, 3.8) is 0 Å². The minimum absolute atomic E-state index is 0.121. The molecule has 2 aromatic rings. The molecule has 0 saturated carbocycles. The third kappa shape index (κ3) is 2.14. The zero-order valence-corrected chi connectivity index (χ0v) is 8.80. The normalized spacial score (nSPS) is 10.4. The highest BCUT2D eigenvalue weighted by atomic mass is 35.5. The number of aromatic hydroxyl groups is 1. The van der Waals surface area contributed by atoms with Crippen LogP contribution in [0.15, 0.2) is 36.4 Å². The molecule has 2 rings (SSSR count). The topological polar surface area (TPSA) is 20.2 Å². The predicted octanol–water partition coefficient (Wildman–Crippen LogP) is 3.99. The van der Waals surface area contributed by atoms with E-state index in [1.165, 1.54) is 24.3 Å². The average Bonchev–Trinajstić information content (AvgIpc) is 2.20. The Labute approximate surface area is 95.9 Å². The minimum Gasteiger partial charge on any atom is -0.506 e. The van der Waals surface area contributed by atoms with Gasteiger partial charge in [0.1, 0.15) is 17.4 Å². The van der Waals surface area contributed by atoms with E-state index < -0.39 is 11.6 Å². The standard InChI is InChI=1S/C12H7ClF2O/c13-11-2-1-7(5-12(11)16)8-3-9(14)6-10(15)4-8/h1-6,16H. The van der Waals surface area contributed by atoms with E-state index in [9.17, 15) is 13.9 Å². The van der Waals surface area contributed by atoms with E-state index in [1.54, 1.807) is 6.07 Å². The van der Waals surface area contributed by atoms with E-state index >= 15 is 0 Å². The third-order valence-electron chi connectivity index (χ3n) is 2.14. The van der Waals surface area contributed by atoms with Gasteiger partial charge in [0.2, 0.25) is 0 Å². The van der Waals surface area contributed by atoms with Crippen LogP contribution in [-0.4, -0.2) is 5.11 Å².